The van der Waals surface area contributed by atoms with Crippen molar-refractivity contribution in [2.45, 2.75) is 52.4 Å². The molecule has 1 N–H and O–H groups in total. The number of carbonyl (C=O) groups excluding carboxylic acids is 1. The Kier molecular flexibility index (Phi) is 7.89. The third-order valence-electron chi connectivity index (χ3n) is 4.16. The molecule has 0 aliphatic rings. The van der Waals surface area contributed by atoms with Crippen LogP contribution in [-0.4, -0.2) is 22.4 Å². The molecule has 4 nitrogen and oxygen atoms in total. The first-order valence-electron chi connectivity index (χ1n) is 8.87. The number of thiazole rings is 1. The number of amides is 1. The lowest BCUT2D eigenvalue weighted by atomic mass is 9.98. The number of nitrogens with zero attached hydrogens (tertiary/aromatic N) is 2. The minimum absolute atomic E-state index is 0.170. The van der Waals surface area contributed by atoms with Gasteiger partial charge in [0.25, 0.3) is 0 Å². The van der Waals surface area contributed by atoms with E-state index in [1.165, 1.54) is 0 Å². The largest absolute Gasteiger partial charge is 0.356 e. The van der Waals surface area contributed by atoms with Crippen LogP contribution < -0.4 is 5.32 Å². The van der Waals surface area contributed by atoms with Crippen molar-refractivity contribution in [1.29, 1.82) is 0 Å². The Bertz CT molecular complexity index is 612. The van der Waals surface area contributed by atoms with E-state index in [9.17, 15) is 4.79 Å². The second-order valence-corrected chi connectivity index (χ2v) is 6.95. The average molecular weight is 346 g/mol. The van der Waals surface area contributed by atoms with Crippen LogP contribution in [0, 0.1) is 5.92 Å². The zero-order valence-electron chi connectivity index (χ0n) is 14.6. The van der Waals surface area contributed by atoms with Crippen LogP contribution in [0.5, 0.6) is 0 Å². The van der Waals surface area contributed by atoms with Gasteiger partial charge in [-0.2, -0.15) is 0 Å². The molecule has 0 fully saturated rings. The van der Waals surface area contributed by atoms with Crippen LogP contribution in [0.15, 0.2) is 29.9 Å². The van der Waals surface area contributed by atoms with Gasteiger partial charge in [-0.1, -0.05) is 26.7 Å². The number of aryl methyl sites for hydroxylation is 1. The van der Waals surface area contributed by atoms with E-state index in [1.54, 1.807) is 23.7 Å². The van der Waals surface area contributed by atoms with Gasteiger partial charge >= 0.3 is 0 Å². The van der Waals surface area contributed by atoms with Crippen LogP contribution in [0.3, 0.4) is 0 Å². The molecule has 130 valence electrons. The quantitative estimate of drug-likeness (QED) is 0.646. The monoisotopic (exact) mass is 345 g/mol. The van der Waals surface area contributed by atoms with Gasteiger partial charge in [-0.25, -0.2) is 4.98 Å². The predicted molar refractivity (Wildman–Crippen MR) is 100.0 cm³/mol. The Hall–Kier alpha value is -1.75. The fourth-order valence-corrected chi connectivity index (χ4v) is 3.50. The Morgan fingerprint density at radius 3 is 2.75 bits per heavy atom. The summed E-state index contributed by atoms with van der Waals surface area (Å²) in [5.74, 6) is 0.380. The molecule has 2 rings (SSSR count). The molecule has 1 amide bonds. The number of nitrogens with one attached hydrogen (secondary N) is 1. The summed E-state index contributed by atoms with van der Waals surface area (Å²) < 4.78 is 0. The fourth-order valence-electron chi connectivity index (χ4n) is 2.65. The standard InChI is InChI=1S/C19H27N3OS/c1-3-5-7-15(4-2)19(23)21-11-6-8-18-22-17(14-24-18)16-9-12-20-13-10-16/h9-10,12-15H,3-8,11H2,1-2H3,(H,21,23). The summed E-state index contributed by atoms with van der Waals surface area (Å²) in [7, 11) is 0. The van der Waals surface area contributed by atoms with E-state index in [2.05, 4.69) is 34.5 Å². The van der Waals surface area contributed by atoms with E-state index >= 15 is 0 Å². The molecule has 0 spiro atoms. The zero-order valence-corrected chi connectivity index (χ0v) is 15.4. The molecular formula is C19H27N3OS. The molecular weight excluding hydrogens is 318 g/mol. The second-order valence-electron chi connectivity index (χ2n) is 6.00. The third kappa shape index (κ3) is 5.71. The molecule has 0 bridgehead atoms. The third-order valence-corrected chi connectivity index (χ3v) is 5.07. The van der Waals surface area contributed by atoms with E-state index in [0.29, 0.717) is 0 Å². The SMILES string of the molecule is CCCCC(CC)C(=O)NCCCc1nc(-c2ccncc2)cs1. The van der Waals surface area contributed by atoms with Gasteiger partial charge in [0, 0.05) is 42.2 Å². The molecule has 24 heavy (non-hydrogen) atoms. The number of aromatic nitrogens is 2. The van der Waals surface area contributed by atoms with Gasteiger partial charge in [-0.3, -0.25) is 9.78 Å². The Labute approximate surface area is 148 Å². The summed E-state index contributed by atoms with van der Waals surface area (Å²) in [6, 6.07) is 3.94. The normalized spacial score (nSPS) is 12.1. The minimum atomic E-state index is 0.170. The molecule has 1 atom stereocenters. The number of rotatable bonds is 10. The number of hydrogen-bond donors (Lipinski definition) is 1. The fraction of sp³-hybridized carbons (Fsp3) is 0.526. The average Bonchev–Trinajstić information content (AvgIpc) is 3.09. The molecule has 0 aromatic carbocycles. The molecule has 0 saturated carbocycles. The summed E-state index contributed by atoms with van der Waals surface area (Å²) in [6.45, 7) is 4.99. The van der Waals surface area contributed by atoms with Crippen molar-refractivity contribution in [2.75, 3.05) is 6.54 Å². The van der Waals surface area contributed by atoms with Crippen LogP contribution >= 0.6 is 11.3 Å². The topological polar surface area (TPSA) is 54.9 Å². The molecule has 1 unspecified atom stereocenters. The van der Waals surface area contributed by atoms with Crippen LogP contribution in [0.4, 0.5) is 0 Å². The predicted octanol–water partition coefficient (Wildman–Crippen LogP) is 4.47. The minimum Gasteiger partial charge on any atom is -0.356 e. The van der Waals surface area contributed by atoms with E-state index in [1.807, 2.05) is 12.1 Å². The maximum atomic E-state index is 12.2. The molecule has 0 aliphatic heterocycles. The van der Waals surface area contributed by atoms with E-state index < -0.39 is 0 Å². The highest BCUT2D eigenvalue weighted by Crippen LogP contribution is 2.21. The van der Waals surface area contributed by atoms with Crippen molar-refractivity contribution >= 4 is 17.2 Å². The van der Waals surface area contributed by atoms with Crippen molar-refractivity contribution in [2.24, 2.45) is 5.92 Å². The van der Waals surface area contributed by atoms with Crippen LogP contribution in [-0.2, 0) is 11.2 Å². The lowest BCUT2D eigenvalue weighted by Gasteiger charge is -2.14. The van der Waals surface area contributed by atoms with Crippen molar-refractivity contribution < 1.29 is 4.79 Å². The molecule has 2 aromatic rings. The number of hydrogen-bond acceptors (Lipinski definition) is 4. The van der Waals surface area contributed by atoms with Gasteiger partial charge in [0.05, 0.1) is 10.7 Å². The summed E-state index contributed by atoms with van der Waals surface area (Å²) in [5.41, 5.74) is 2.11. The highest BCUT2D eigenvalue weighted by molar-refractivity contribution is 7.09. The molecule has 0 aliphatic carbocycles. The zero-order chi connectivity index (χ0) is 17.2. The maximum absolute atomic E-state index is 12.2. The Morgan fingerprint density at radius 2 is 2.04 bits per heavy atom. The second kappa shape index (κ2) is 10.2. The van der Waals surface area contributed by atoms with Crippen molar-refractivity contribution in [3.8, 4) is 11.3 Å². The summed E-state index contributed by atoms with van der Waals surface area (Å²) >= 11 is 1.68. The van der Waals surface area contributed by atoms with E-state index in [0.717, 1.165) is 61.3 Å². The van der Waals surface area contributed by atoms with E-state index in [4.69, 9.17) is 0 Å². The van der Waals surface area contributed by atoms with Gasteiger partial charge in [-0.05, 0) is 31.4 Å². The van der Waals surface area contributed by atoms with Crippen molar-refractivity contribution in [1.82, 2.24) is 15.3 Å². The summed E-state index contributed by atoms with van der Waals surface area (Å²) in [5, 5.41) is 6.28. The number of unbranched alkanes of at least 4 members (excludes halogenated alkanes) is 1. The molecule has 0 radical (unpaired) electrons. The molecule has 5 heteroatoms. The highest BCUT2D eigenvalue weighted by atomic mass is 32.1. The highest BCUT2D eigenvalue weighted by Gasteiger charge is 2.14. The lowest BCUT2D eigenvalue weighted by Crippen LogP contribution is -2.31. The van der Waals surface area contributed by atoms with Crippen LogP contribution in [0.2, 0.25) is 0 Å². The Morgan fingerprint density at radius 1 is 1.25 bits per heavy atom. The van der Waals surface area contributed by atoms with Gasteiger partial charge in [-0.15, -0.1) is 11.3 Å². The van der Waals surface area contributed by atoms with Crippen LogP contribution in [0.25, 0.3) is 11.3 Å². The molecule has 0 saturated heterocycles. The lowest BCUT2D eigenvalue weighted by molar-refractivity contribution is -0.125. The first-order valence-corrected chi connectivity index (χ1v) is 9.75. The summed E-state index contributed by atoms with van der Waals surface area (Å²) in [4.78, 5) is 20.8. The first kappa shape index (κ1) is 18.6. The smallest absolute Gasteiger partial charge is 0.223 e. The van der Waals surface area contributed by atoms with Gasteiger partial charge < -0.3 is 5.32 Å². The summed E-state index contributed by atoms with van der Waals surface area (Å²) in [6.07, 6.45) is 9.60. The molecule has 2 heterocycles. The first-order chi connectivity index (χ1) is 11.7. The van der Waals surface area contributed by atoms with Crippen LogP contribution in [0.1, 0.15) is 51.0 Å². The number of pyridine rings is 1. The van der Waals surface area contributed by atoms with Crippen molar-refractivity contribution in [3.63, 3.8) is 0 Å². The molecule has 2 aromatic heterocycles. The number of carbonyl (C=O) groups is 1. The van der Waals surface area contributed by atoms with Gasteiger partial charge in [0.1, 0.15) is 0 Å². The Balaban J connectivity index is 1.73. The van der Waals surface area contributed by atoms with Gasteiger partial charge in [0.15, 0.2) is 0 Å². The maximum Gasteiger partial charge on any atom is 0.223 e. The van der Waals surface area contributed by atoms with Crippen molar-refractivity contribution in [3.05, 3.63) is 34.9 Å². The van der Waals surface area contributed by atoms with E-state index in [-0.39, 0.29) is 11.8 Å². The van der Waals surface area contributed by atoms with Gasteiger partial charge in [0.2, 0.25) is 5.91 Å².